The number of aromatic nitrogens is 1. The number of amides is 1. The quantitative estimate of drug-likeness (QED) is 0.294. The molecule has 1 aliphatic heterocycles. The molecular weight excluding hydrogens is 584 g/mol. The molecule has 4 rings (SSSR count). The molecule has 0 radical (unpaired) electrons. The van der Waals surface area contributed by atoms with Gasteiger partial charge in [0.05, 0.1) is 23.9 Å². The predicted octanol–water partition coefficient (Wildman–Crippen LogP) is 6.32. The first-order valence-corrected chi connectivity index (χ1v) is 13.4. The first kappa shape index (κ1) is 25.0. The summed E-state index contributed by atoms with van der Waals surface area (Å²) in [5, 5.41) is 2.48. The minimum absolute atomic E-state index is 0.0609. The second-order valence-corrected chi connectivity index (χ2v) is 10.7. The number of ether oxygens (including phenoxy) is 2. The van der Waals surface area contributed by atoms with Crippen LogP contribution in [0, 0.1) is 13.8 Å². The maximum absolute atomic E-state index is 13.2. The Balaban J connectivity index is 1.52. The fourth-order valence-electron chi connectivity index (χ4n) is 3.83. The Kier molecular flexibility index (Phi) is 8.18. The molecule has 1 saturated heterocycles. The van der Waals surface area contributed by atoms with E-state index in [0.29, 0.717) is 23.8 Å². The Morgan fingerprint density at radius 3 is 2.65 bits per heavy atom. The molecule has 1 aliphatic rings. The Labute approximate surface area is 219 Å². The minimum atomic E-state index is -0.517. The third-order valence-electron chi connectivity index (χ3n) is 5.71. The van der Waals surface area contributed by atoms with Gasteiger partial charge in [0.1, 0.15) is 0 Å². The van der Waals surface area contributed by atoms with Gasteiger partial charge in [0, 0.05) is 26.5 Å². The van der Waals surface area contributed by atoms with Crippen molar-refractivity contribution in [2.24, 2.45) is 0 Å². The van der Waals surface area contributed by atoms with Gasteiger partial charge in [-0.1, -0.05) is 50.1 Å². The smallest absolute Gasteiger partial charge is 0.339 e. The number of hydrogen-bond donors (Lipinski definition) is 0. The number of nitrogens with zero attached hydrogens (tertiary/aromatic N) is 2. The second-order valence-electron chi connectivity index (χ2n) is 8.10. The molecule has 3 aromatic rings. The van der Waals surface area contributed by atoms with Crippen LogP contribution in [0.15, 0.2) is 50.7 Å². The molecular formula is C25H24Br2N2O4S. The molecule has 1 amide bonds. The third-order valence-corrected chi connectivity index (χ3v) is 7.96. The third kappa shape index (κ3) is 5.76. The molecule has 2 aromatic carbocycles. The molecule has 178 valence electrons. The molecule has 1 unspecified atom stereocenters. The zero-order valence-electron chi connectivity index (χ0n) is 18.8. The highest BCUT2D eigenvalue weighted by molar-refractivity contribution is 9.10. The van der Waals surface area contributed by atoms with E-state index < -0.39 is 5.97 Å². The zero-order valence-corrected chi connectivity index (χ0v) is 22.8. The Morgan fingerprint density at radius 1 is 1.18 bits per heavy atom. The van der Waals surface area contributed by atoms with Gasteiger partial charge >= 0.3 is 5.97 Å². The van der Waals surface area contributed by atoms with Gasteiger partial charge in [0.25, 0.3) is 5.91 Å². The number of aryl methyl sites for hydroxylation is 1. The summed E-state index contributed by atoms with van der Waals surface area (Å²) in [7, 11) is 0. The first-order valence-electron chi connectivity index (χ1n) is 10.9. The molecule has 0 aliphatic carbocycles. The van der Waals surface area contributed by atoms with Crippen molar-refractivity contribution in [1.82, 2.24) is 4.98 Å². The van der Waals surface area contributed by atoms with Crippen LogP contribution in [-0.2, 0) is 14.3 Å². The van der Waals surface area contributed by atoms with E-state index in [1.807, 2.05) is 55.6 Å². The summed E-state index contributed by atoms with van der Waals surface area (Å²) in [6, 6.07) is 11.6. The maximum Gasteiger partial charge on any atom is 0.339 e. The molecule has 1 aromatic heterocycles. The van der Waals surface area contributed by atoms with Crippen LogP contribution < -0.4 is 4.90 Å². The Morgan fingerprint density at radius 2 is 1.94 bits per heavy atom. The lowest BCUT2D eigenvalue weighted by Gasteiger charge is -2.23. The van der Waals surface area contributed by atoms with Crippen LogP contribution in [0.4, 0.5) is 5.13 Å². The van der Waals surface area contributed by atoms with Crippen molar-refractivity contribution in [3.8, 4) is 11.3 Å². The van der Waals surface area contributed by atoms with E-state index in [0.717, 1.165) is 44.2 Å². The van der Waals surface area contributed by atoms with Crippen LogP contribution in [0.2, 0.25) is 0 Å². The number of thiazole rings is 1. The van der Waals surface area contributed by atoms with Crippen molar-refractivity contribution in [2.75, 3.05) is 24.7 Å². The van der Waals surface area contributed by atoms with E-state index in [9.17, 15) is 9.59 Å². The second kappa shape index (κ2) is 11.1. The average molecular weight is 608 g/mol. The van der Waals surface area contributed by atoms with Gasteiger partial charge in [-0.25, -0.2) is 9.78 Å². The van der Waals surface area contributed by atoms with Gasteiger partial charge in [-0.3, -0.25) is 9.69 Å². The van der Waals surface area contributed by atoms with Gasteiger partial charge in [-0.05, 0) is 56.0 Å². The summed E-state index contributed by atoms with van der Waals surface area (Å²) in [4.78, 5) is 32.3. The highest BCUT2D eigenvalue weighted by Gasteiger charge is 2.27. The number of carbonyl (C=O) groups is 2. The van der Waals surface area contributed by atoms with Gasteiger partial charge in [-0.15, -0.1) is 11.3 Å². The minimum Gasteiger partial charge on any atom is -0.452 e. The van der Waals surface area contributed by atoms with E-state index >= 15 is 0 Å². The van der Waals surface area contributed by atoms with E-state index in [-0.39, 0.29) is 18.6 Å². The molecule has 0 spiro atoms. The summed E-state index contributed by atoms with van der Waals surface area (Å²) >= 11 is 8.28. The van der Waals surface area contributed by atoms with Gasteiger partial charge in [0.2, 0.25) is 0 Å². The number of rotatable bonds is 7. The molecule has 34 heavy (non-hydrogen) atoms. The van der Waals surface area contributed by atoms with E-state index in [2.05, 4.69) is 31.9 Å². The number of anilines is 1. The molecule has 6 nitrogen and oxygen atoms in total. The van der Waals surface area contributed by atoms with Crippen molar-refractivity contribution in [3.63, 3.8) is 0 Å². The van der Waals surface area contributed by atoms with Crippen molar-refractivity contribution in [3.05, 3.63) is 67.4 Å². The molecule has 1 atom stereocenters. The predicted molar refractivity (Wildman–Crippen MR) is 140 cm³/mol. The zero-order chi connectivity index (χ0) is 24.2. The molecule has 2 heterocycles. The number of benzene rings is 2. The fourth-order valence-corrected chi connectivity index (χ4v) is 5.29. The van der Waals surface area contributed by atoms with Crippen molar-refractivity contribution in [1.29, 1.82) is 0 Å². The van der Waals surface area contributed by atoms with E-state index in [1.54, 1.807) is 4.90 Å². The van der Waals surface area contributed by atoms with Crippen molar-refractivity contribution in [2.45, 2.75) is 32.8 Å². The SMILES string of the molecule is Cc1ccc(Br)c(C)c1C(=O)OCC(=O)N(CC1CCCO1)c1nc(-c2ccc(Br)cc2)cs1. The standard InChI is InChI=1S/C25H24Br2N2O4S/c1-15-5-10-20(27)16(2)23(15)24(31)33-13-22(30)29(12-19-4-3-11-32-19)25-28-21(14-34-25)17-6-8-18(26)9-7-17/h5-10,14,19H,3-4,11-13H2,1-2H3. The van der Waals surface area contributed by atoms with Gasteiger partial charge < -0.3 is 9.47 Å². The van der Waals surface area contributed by atoms with E-state index in [4.69, 9.17) is 14.5 Å². The first-order chi connectivity index (χ1) is 16.3. The number of esters is 1. The summed E-state index contributed by atoms with van der Waals surface area (Å²) in [6.45, 7) is 4.38. The lowest BCUT2D eigenvalue weighted by molar-refractivity contribution is -0.122. The normalized spacial score (nSPS) is 15.4. The monoisotopic (exact) mass is 606 g/mol. The van der Waals surface area contributed by atoms with Gasteiger partial charge in [0.15, 0.2) is 11.7 Å². The molecule has 1 fully saturated rings. The maximum atomic E-state index is 13.2. The van der Waals surface area contributed by atoms with Crippen LogP contribution in [0.3, 0.4) is 0 Å². The molecule has 9 heteroatoms. The lowest BCUT2D eigenvalue weighted by Crippen LogP contribution is -2.40. The number of halogens is 2. The van der Waals surface area contributed by atoms with Gasteiger partial charge in [-0.2, -0.15) is 0 Å². The average Bonchev–Trinajstić information content (AvgIpc) is 3.51. The van der Waals surface area contributed by atoms with Crippen LogP contribution in [0.25, 0.3) is 11.3 Å². The van der Waals surface area contributed by atoms with Crippen LogP contribution in [0.5, 0.6) is 0 Å². The summed E-state index contributed by atoms with van der Waals surface area (Å²) in [5.41, 5.74) is 3.80. The van der Waals surface area contributed by atoms with Crippen molar-refractivity contribution >= 4 is 60.2 Å². The fraction of sp³-hybridized carbons (Fsp3) is 0.320. The Hall–Kier alpha value is -2.07. The van der Waals surface area contributed by atoms with Crippen molar-refractivity contribution < 1.29 is 19.1 Å². The van der Waals surface area contributed by atoms with Crippen LogP contribution in [0.1, 0.15) is 34.3 Å². The van der Waals surface area contributed by atoms with E-state index in [1.165, 1.54) is 11.3 Å². The summed E-state index contributed by atoms with van der Waals surface area (Å²) in [6.07, 6.45) is 1.78. The highest BCUT2D eigenvalue weighted by atomic mass is 79.9. The lowest BCUT2D eigenvalue weighted by atomic mass is 10.0. The van der Waals surface area contributed by atoms with Crippen LogP contribution >= 0.6 is 43.2 Å². The molecule has 0 saturated carbocycles. The summed E-state index contributed by atoms with van der Waals surface area (Å²) < 4.78 is 13.0. The molecule has 0 bridgehead atoms. The topological polar surface area (TPSA) is 68.7 Å². The van der Waals surface area contributed by atoms with Crippen LogP contribution in [-0.4, -0.2) is 42.7 Å². The largest absolute Gasteiger partial charge is 0.452 e. The summed E-state index contributed by atoms with van der Waals surface area (Å²) in [5.74, 6) is -0.845. The number of carbonyl (C=O) groups excluding carboxylic acids is 2. The molecule has 0 N–H and O–H groups in total. The number of hydrogen-bond acceptors (Lipinski definition) is 6. The Bertz CT molecular complexity index is 1190. The highest BCUT2D eigenvalue weighted by Crippen LogP contribution is 2.30.